The molecule has 0 aromatic carbocycles. The molecule has 108 valence electrons. The van der Waals surface area contributed by atoms with Gasteiger partial charge in [-0.15, -0.1) is 0 Å². The standard InChI is InChI=1S/C15H31NO2/c1-13(2)8-11-16(12-9-14(3)4)10-6-5-7-15(17)18/h13-14H,5-12H2,1-4H3,(H,17,18). The van der Waals surface area contributed by atoms with Crippen LogP contribution in [-0.2, 0) is 4.79 Å². The van der Waals surface area contributed by atoms with Crippen LogP contribution in [0.15, 0.2) is 0 Å². The molecule has 0 aromatic rings. The number of carboxylic acids is 1. The van der Waals surface area contributed by atoms with Crippen LogP contribution in [0, 0.1) is 11.8 Å². The van der Waals surface area contributed by atoms with Crippen molar-refractivity contribution < 1.29 is 9.90 Å². The van der Waals surface area contributed by atoms with Crippen molar-refractivity contribution in [1.29, 1.82) is 0 Å². The maximum atomic E-state index is 10.5. The van der Waals surface area contributed by atoms with E-state index in [2.05, 4.69) is 32.6 Å². The van der Waals surface area contributed by atoms with Crippen molar-refractivity contribution >= 4 is 5.97 Å². The number of carbonyl (C=O) groups is 1. The van der Waals surface area contributed by atoms with Crippen molar-refractivity contribution in [2.45, 2.75) is 59.8 Å². The summed E-state index contributed by atoms with van der Waals surface area (Å²) in [5.41, 5.74) is 0. The highest BCUT2D eigenvalue weighted by molar-refractivity contribution is 5.66. The zero-order valence-corrected chi connectivity index (χ0v) is 12.6. The summed E-state index contributed by atoms with van der Waals surface area (Å²) in [6.45, 7) is 12.4. The molecule has 0 aromatic heterocycles. The van der Waals surface area contributed by atoms with Crippen molar-refractivity contribution in [2.75, 3.05) is 19.6 Å². The third-order valence-corrected chi connectivity index (χ3v) is 3.16. The lowest BCUT2D eigenvalue weighted by atomic mass is 10.1. The van der Waals surface area contributed by atoms with Gasteiger partial charge < -0.3 is 10.0 Å². The van der Waals surface area contributed by atoms with E-state index in [1.54, 1.807) is 0 Å². The molecule has 0 fully saturated rings. The van der Waals surface area contributed by atoms with Gasteiger partial charge in [0.2, 0.25) is 0 Å². The van der Waals surface area contributed by atoms with Crippen LogP contribution in [0.5, 0.6) is 0 Å². The molecule has 0 aliphatic heterocycles. The first-order valence-electron chi connectivity index (χ1n) is 7.36. The number of unbranched alkanes of at least 4 members (excludes halogenated alkanes) is 1. The molecule has 0 atom stereocenters. The summed E-state index contributed by atoms with van der Waals surface area (Å²) in [5, 5.41) is 8.62. The Balaban J connectivity index is 3.84. The first kappa shape index (κ1) is 17.4. The van der Waals surface area contributed by atoms with E-state index in [9.17, 15) is 4.79 Å². The van der Waals surface area contributed by atoms with Crippen LogP contribution in [0.3, 0.4) is 0 Å². The van der Waals surface area contributed by atoms with Crippen molar-refractivity contribution in [3.05, 3.63) is 0 Å². The zero-order valence-electron chi connectivity index (χ0n) is 12.6. The van der Waals surface area contributed by atoms with Gasteiger partial charge in [0.1, 0.15) is 0 Å². The summed E-state index contributed by atoms with van der Waals surface area (Å²) < 4.78 is 0. The highest BCUT2D eigenvalue weighted by Gasteiger charge is 2.07. The van der Waals surface area contributed by atoms with Crippen LogP contribution < -0.4 is 0 Å². The fourth-order valence-electron chi connectivity index (χ4n) is 1.83. The predicted octanol–water partition coefficient (Wildman–Crippen LogP) is 3.64. The molecule has 0 bridgehead atoms. The molecular weight excluding hydrogens is 226 g/mol. The summed E-state index contributed by atoms with van der Waals surface area (Å²) >= 11 is 0. The smallest absolute Gasteiger partial charge is 0.303 e. The average molecular weight is 257 g/mol. The summed E-state index contributed by atoms with van der Waals surface area (Å²) in [6.07, 6.45) is 4.58. The largest absolute Gasteiger partial charge is 0.481 e. The fraction of sp³-hybridized carbons (Fsp3) is 0.933. The molecular formula is C15H31NO2. The quantitative estimate of drug-likeness (QED) is 0.575. The minimum atomic E-state index is -0.675. The maximum absolute atomic E-state index is 10.5. The van der Waals surface area contributed by atoms with E-state index in [0.29, 0.717) is 6.42 Å². The van der Waals surface area contributed by atoms with Crippen LogP contribution in [0.2, 0.25) is 0 Å². The monoisotopic (exact) mass is 257 g/mol. The number of hydrogen-bond acceptors (Lipinski definition) is 2. The van der Waals surface area contributed by atoms with E-state index in [4.69, 9.17) is 5.11 Å². The molecule has 18 heavy (non-hydrogen) atoms. The molecule has 0 rings (SSSR count). The number of nitrogens with zero attached hydrogens (tertiary/aromatic N) is 1. The number of aliphatic carboxylic acids is 1. The van der Waals surface area contributed by atoms with E-state index < -0.39 is 5.97 Å². The van der Waals surface area contributed by atoms with Crippen molar-refractivity contribution in [2.24, 2.45) is 11.8 Å². The van der Waals surface area contributed by atoms with Crippen LogP contribution >= 0.6 is 0 Å². The van der Waals surface area contributed by atoms with Gasteiger partial charge in [0.15, 0.2) is 0 Å². The molecule has 0 aliphatic carbocycles. The molecule has 0 unspecified atom stereocenters. The second-order valence-electron chi connectivity index (χ2n) is 6.06. The summed E-state index contributed by atoms with van der Waals surface area (Å²) in [7, 11) is 0. The van der Waals surface area contributed by atoms with Gasteiger partial charge in [-0.3, -0.25) is 4.79 Å². The Morgan fingerprint density at radius 2 is 1.44 bits per heavy atom. The maximum Gasteiger partial charge on any atom is 0.303 e. The van der Waals surface area contributed by atoms with Gasteiger partial charge in [-0.1, -0.05) is 27.7 Å². The third kappa shape index (κ3) is 11.9. The molecule has 3 nitrogen and oxygen atoms in total. The number of hydrogen-bond donors (Lipinski definition) is 1. The van der Waals surface area contributed by atoms with Crippen molar-refractivity contribution in [3.63, 3.8) is 0 Å². The zero-order chi connectivity index (χ0) is 14.0. The molecule has 3 heteroatoms. The summed E-state index contributed by atoms with van der Waals surface area (Å²) in [5.74, 6) is 0.807. The van der Waals surface area contributed by atoms with Crippen LogP contribution in [0.1, 0.15) is 59.8 Å². The van der Waals surface area contributed by atoms with Crippen LogP contribution in [0.25, 0.3) is 0 Å². The molecule has 0 amide bonds. The first-order valence-corrected chi connectivity index (χ1v) is 7.36. The minimum Gasteiger partial charge on any atom is -0.481 e. The van der Waals surface area contributed by atoms with Gasteiger partial charge in [-0.2, -0.15) is 0 Å². The van der Waals surface area contributed by atoms with Gasteiger partial charge in [0.05, 0.1) is 0 Å². The minimum absolute atomic E-state index is 0.308. The fourth-order valence-corrected chi connectivity index (χ4v) is 1.83. The highest BCUT2D eigenvalue weighted by atomic mass is 16.4. The lowest BCUT2D eigenvalue weighted by Gasteiger charge is -2.24. The lowest BCUT2D eigenvalue weighted by Crippen LogP contribution is -2.29. The Bertz CT molecular complexity index is 203. The lowest BCUT2D eigenvalue weighted by molar-refractivity contribution is -0.137. The second-order valence-corrected chi connectivity index (χ2v) is 6.06. The molecule has 1 N–H and O–H groups in total. The Hall–Kier alpha value is -0.570. The van der Waals surface area contributed by atoms with Crippen molar-refractivity contribution in [1.82, 2.24) is 4.90 Å². The van der Waals surface area contributed by atoms with Crippen LogP contribution in [-0.4, -0.2) is 35.6 Å². The Labute approximate surface area is 113 Å². The summed E-state index contributed by atoms with van der Waals surface area (Å²) in [4.78, 5) is 13.0. The number of carboxylic acid groups (broad SMARTS) is 1. The highest BCUT2D eigenvalue weighted by Crippen LogP contribution is 2.08. The molecule has 0 saturated carbocycles. The SMILES string of the molecule is CC(C)CCN(CCCCC(=O)O)CCC(C)C. The van der Waals surface area contributed by atoms with E-state index in [-0.39, 0.29) is 0 Å². The average Bonchev–Trinajstić information content (AvgIpc) is 2.25. The molecule has 0 saturated heterocycles. The Morgan fingerprint density at radius 1 is 0.944 bits per heavy atom. The summed E-state index contributed by atoms with van der Waals surface area (Å²) in [6, 6.07) is 0. The van der Waals surface area contributed by atoms with E-state index in [0.717, 1.165) is 44.3 Å². The van der Waals surface area contributed by atoms with E-state index >= 15 is 0 Å². The van der Waals surface area contributed by atoms with Gasteiger partial charge in [0, 0.05) is 6.42 Å². The van der Waals surface area contributed by atoms with E-state index in [1.807, 2.05) is 0 Å². The Morgan fingerprint density at radius 3 is 1.83 bits per heavy atom. The molecule has 0 aliphatic rings. The predicted molar refractivity (Wildman–Crippen MR) is 76.8 cm³/mol. The Kier molecular flexibility index (Phi) is 10.0. The van der Waals surface area contributed by atoms with Crippen molar-refractivity contribution in [3.8, 4) is 0 Å². The molecule has 0 spiro atoms. The van der Waals surface area contributed by atoms with Gasteiger partial charge in [-0.05, 0) is 57.2 Å². The van der Waals surface area contributed by atoms with Crippen LogP contribution in [0.4, 0.5) is 0 Å². The number of rotatable bonds is 11. The third-order valence-electron chi connectivity index (χ3n) is 3.16. The second kappa shape index (κ2) is 10.4. The normalized spacial score (nSPS) is 11.7. The van der Waals surface area contributed by atoms with Gasteiger partial charge in [0.25, 0.3) is 0 Å². The molecule has 0 radical (unpaired) electrons. The van der Waals surface area contributed by atoms with Gasteiger partial charge in [-0.25, -0.2) is 0 Å². The topological polar surface area (TPSA) is 40.5 Å². The van der Waals surface area contributed by atoms with E-state index in [1.165, 1.54) is 12.8 Å². The first-order chi connectivity index (χ1) is 8.41. The molecule has 0 heterocycles. The van der Waals surface area contributed by atoms with Gasteiger partial charge >= 0.3 is 5.97 Å².